The minimum absolute atomic E-state index is 0.00434. The number of carbonyl (C=O) groups is 1. The lowest BCUT2D eigenvalue weighted by Crippen LogP contribution is -2.37. The average Bonchev–Trinajstić information content (AvgIpc) is 2.76. The predicted molar refractivity (Wildman–Crippen MR) is 127 cm³/mol. The molecular weight excluding hydrogens is 390 g/mol. The summed E-state index contributed by atoms with van der Waals surface area (Å²) in [4.78, 5) is 17.4. The van der Waals surface area contributed by atoms with E-state index >= 15 is 0 Å². The van der Waals surface area contributed by atoms with Gasteiger partial charge in [0.05, 0.1) is 0 Å². The van der Waals surface area contributed by atoms with Crippen LogP contribution in [0.1, 0.15) is 48.2 Å². The van der Waals surface area contributed by atoms with Crippen LogP contribution in [0, 0.1) is 5.41 Å². The maximum absolute atomic E-state index is 12.5. The Bertz CT molecular complexity index is 855. The van der Waals surface area contributed by atoms with E-state index in [1.54, 1.807) is 0 Å². The number of amides is 1. The van der Waals surface area contributed by atoms with E-state index in [2.05, 4.69) is 64.8 Å². The largest absolute Gasteiger partial charge is 0.371 e. The number of hydrogen-bond acceptors (Lipinski definition) is 4. The van der Waals surface area contributed by atoms with Crippen molar-refractivity contribution in [2.45, 2.75) is 39.7 Å². The average molecular weight is 424 g/mol. The molecule has 1 N–H and O–H groups in total. The monoisotopic (exact) mass is 423 g/mol. The Morgan fingerprint density at radius 3 is 2.43 bits per heavy atom. The zero-order chi connectivity index (χ0) is 21.0. The van der Waals surface area contributed by atoms with Crippen LogP contribution in [-0.4, -0.2) is 42.7 Å². The minimum Gasteiger partial charge on any atom is -0.371 e. The number of nitrogens with one attached hydrogen (secondary N) is 1. The van der Waals surface area contributed by atoms with Gasteiger partial charge in [-0.05, 0) is 72.0 Å². The lowest BCUT2D eigenvalue weighted by Gasteiger charge is -2.38. The molecule has 1 fully saturated rings. The third-order valence-corrected chi connectivity index (χ3v) is 7.21. The van der Waals surface area contributed by atoms with Crippen LogP contribution in [-0.2, 0) is 13.0 Å². The van der Waals surface area contributed by atoms with E-state index in [4.69, 9.17) is 0 Å². The second-order valence-electron chi connectivity index (χ2n) is 9.27. The minimum atomic E-state index is -0.00434. The first kappa shape index (κ1) is 21.3. The van der Waals surface area contributed by atoms with Crippen molar-refractivity contribution in [2.75, 3.05) is 36.8 Å². The Hall–Kier alpha value is -1.98. The van der Waals surface area contributed by atoms with Crippen LogP contribution in [0.3, 0.4) is 0 Å². The van der Waals surface area contributed by atoms with Crippen LogP contribution < -0.4 is 9.62 Å². The molecule has 0 aromatic heterocycles. The van der Waals surface area contributed by atoms with Crippen LogP contribution in [0.25, 0.3) is 0 Å². The summed E-state index contributed by atoms with van der Waals surface area (Å²) in [5.41, 5.74) is 5.32. The molecule has 5 heteroatoms. The van der Waals surface area contributed by atoms with Gasteiger partial charge in [-0.25, -0.2) is 0 Å². The van der Waals surface area contributed by atoms with Gasteiger partial charge >= 0.3 is 0 Å². The molecule has 1 amide bonds. The standard InChI is InChI=1S/C25H33N3OS/c1-25(2)12-15-28(16-13-25)23-9-7-21(8-10-23)24(29)26-30-18-17-27-14-11-20-5-3-4-6-22(20)19-27/h3-10H,11-19H2,1-2H3,(H,26,29). The number of carbonyl (C=O) groups excluding carboxylic acids is 1. The van der Waals surface area contributed by atoms with Crippen LogP contribution in [0.2, 0.25) is 0 Å². The zero-order valence-corrected chi connectivity index (χ0v) is 19.0. The van der Waals surface area contributed by atoms with Gasteiger partial charge in [-0.1, -0.05) is 38.1 Å². The van der Waals surface area contributed by atoms with Crippen molar-refractivity contribution in [3.05, 3.63) is 65.2 Å². The van der Waals surface area contributed by atoms with Crippen LogP contribution in [0.5, 0.6) is 0 Å². The molecule has 4 rings (SSSR count). The van der Waals surface area contributed by atoms with Gasteiger partial charge in [0.1, 0.15) is 0 Å². The van der Waals surface area contributed by atoms with Gasteiger partial charge in [-0.3, -0.25) is 14.4 Å². The number of hydrogen-bond donors (Lipinski definition) is 1. The van der Waals surface area contributed by atoms with Gasteiger partial charge in [0.2, 0.25) is 0 Å². The molecule has 2 aliphatic rings. The van der Waals surface area contributed by atoms with Gasteiger partial charge in [0.15, 0.2) is 0 Å². The number of fused-ring (bicyclic) bond motifs is 1. The Morgan fingerprint density at radius 2 is 1.70 bits per heavy atom. The van der Waals surface area contributed by atoms with Crippen molar-refractivity contribution in [2.24, 2.45) is 5.41 Å². The SMILES string of the molecule is CC1(C)CCN(c2ccc(C(=O)NSCCN3CCc4ccccc4C3)cc2)CC1. The third kappa shape index (κ3) is 5.38. The number of nitrogens with zero attached hydrogens (tertiary/aromatic N) is 2. The molecule has 30 heavy (non-hydrogen) atoms. The lowest BCUT2D eigenvalue weighted by molar-refractivity contribution is 0.0984. The highest BCUT2D eigenvalue weighted by atomic mass is 32.2. The summed E-state index contributed by atoms with van der Waals surface area (Å²) < 4.78 is 3.00. The molecule has 2 aromatic carbocycles. The lowest BCUT2D eigenvalue weighted by atomic mass is 9.82. The highest BCUT2D eigenvalue weighted by Gasteiger charge is 2.25. The molecule has 0 atom stereocenters. The Morgan fingerprint density at radius 1 is 1.00 bits per heavy atom. The molecule has 2 aromatic rings. The second-order valence-corrected chi connectivity index (χ2v) is 10.2. The quantitative estimate of drug-likeness (QED) is 0.537. The van der Waals surface area contributed by atoms with Gasteiger partial charge in [0, 0.05) is 49.7 Å². The maximum atomic E-state index is 12.5. The van der Waals surface area contributed by atoms with Gasteiger partial charge in [0.25, 0.3) is 5.91 Å². The van der Waals surface area contributed by atoms with Crippen LogP contribution in [0.15, 0.2) is 48.5 Å². The molecule has 2 heterocycles. The van der Waals surface area contributed by atoms with Gasteiger partial charge in [-0.15, -0.1) is 0 Å². The predicted octanol–water partition coefficient (Wildman–Crippen LogP) is 4.75. The fraction of sp³-hybridized carbons (Fsp3) is 0.480. The van der Waals surface area contributed by atoms with Crippen LogP contribution >= 0.6 is 11.9 Å². The highest BCUT2D eigenvalue weighted by molar-refractivity contribution is 7.97. The van der Waals surface area contributed by atoms with E-state index in [1.165, 1.54) is 41.6 Å². The summed E-state index contributed by atoms with van der Waals surface area (Å²) in [6, 6.07) is 16.8. The highest BCUT2D eigenvalue weighted by Crippen LogP contribution is 2.32. The topological polar surface area (TPSA) is 35.6 Å². The molecule has 0 radical (unpaired) electrons. The molecule has 2 aliphatic heterocycles. The molecule has 1 saturated heterocycles. The first-order chi connectivity index (χ1) is 14.5. The van der Waals surface area contributed by atoms with Gasteiger partial charge in [-0.2, -0.15) is 0 Å². The van der Waals surface area contributed by atoms with Gasteiger partial charge < -0.3 is 4.90 Å². The summed E-state index contributed by atoms with van der Waals surface area (Å²) in [6.45, 7) is 9.98. The summed E-state index contributed by atoms with van der Waals surface area (Å²) in [5, 5.41) is 0. The van der Waals surface area contributed by atoms with E-state index in [9.17, 15) is 4.79 Å². The summed E-state index contributed by atoms with van der Waals surface area (Å²) >= 11 is 1.51. The Labute approximate surface area is 185 Å². The number of piperidine rings is 1. The summed E-state index contributed by atoms with van der Waals surface area (Å²) in [7, 11) is 0. The van der Waals surface area contributed by atoms with E-state index in [0.29, 0.717) is 5.41 Å². The normalized spacial score (nSPS) is 18.7. The molecule has 4 nitrogen and oxygen atoms in total. The molecule has 0 saturated carbocycles. The van der Waals surface area contributed by atoms with Crippen molar-refractivity contribution < 1.29 is 4.79 Å². The first-order valence-electron chi connectivity index (χ1n) is 11.1. The fourth-order valence-electron chi connectivity index (χ4n) is 4.29. The second kappa shape index (κ2) is 9.44. The van der Waals surface area contributed by atoms with Crippen molar-refractivity contribution in [1.82, 2.24) is 9.62 Å². The van der Waals surface area contributed by atoms with E-state index < -0.39 is 0 Å². The third-order valence-electron chi connectivity index (χ3n) is 6.50. The molecule has 0 bridgehead atoms. The van der Waals surface area contributed by atoms with E-state index in [1.807, 2.05) is 12.1 Å². The molecule has 0 unspecified atom stereocenters. The molecule has 0 spiro atoms. The van der Waals surface area contributed by atoms with Crippen molar-refractivity contribution in [3.8, 4) is 0 Å². The summed E-state index contributed by atoms with van der Waals surface area (Å²) in [5.74, 6) is 0.894. The molecular formula is C25H33N3OS. The Kier molecular flexibility index (Phi) is 6.69. The molecule has 160 valence electrons. The van der Waals surface area contributed by atoms with Crippen molar-refractivity contribution in [3.63, 3.8) is 0 Å². The fourth-order valence-corrected chi connectivity index (χ4v) is 4.99. The van der Waals surface area contributed by atoms with E-state index in [0.717, 1.165) is 50.5 Å². The zero-order valence-electron chi connectivity index (χ0n) is 18.2. The summed E-state index contributed by atoms with van der Waals surface area (Å²) in [6.07, 6.45) is 3.55. The number of rotatable bonds is 6. The Balaban J connectivity index is 1.19. The smallest absolute Gasteiger partial charge is 0.261 e. The van der Waals surface area contributed by atoms with Crippen molar-refractivity contribution in [1.29, 1.82) is 0 Å². The molecule has 0 aliphatic carbocycles. The first-order valence-corrected chi connectivity index (χ1v) is 12.1. The van der Waals surface area contributed by atoms with Crippen molar-refractivity contribution >= 4 is 23.5 Å². The number of benzene rings is 2. The van der Waals surface area contributed by atoms with Crippen LogP contribution in [0.4, 0.5) is 5.69 Å². The maximum Gasteiger partial charge on any atom is 0.261 e. The van der Waals surface area contributed by atoms with E-state index in [-0.39, 0.29) is 5.91 Å². The number of anilines is 1.